The topological polar surface area (TPSA) is 73.7 Å². The van der Waals surface area contributed by atoms with Crippen LogP contribution in [0.15, 0.2) is 42.5 Å². The van der Waals surface area contributed by atoms with Gasteiger partial charge in [0, 0.05) is 18.2 Å². The maximum absolute atomic E-state index is 5.98. The number of anilines is 2. The molecule has 25 heavy (non-hydrogen) atoms. The number of hydrogen-bond acceptors (Lipinski definition) is 5. The number of rotatable bonds is 6. The zero-order valence-electron chi connectivity index (χ0n) is 14.8. The van der Waals surface area contributed by atoms with Crippen LogP contribution in [0.5, 0.6) is 17.2 Å². The van der Waals surface area contributed by atoms with Gasteiger partial charge in [0.05, 0.1) is 11.4 Å². The van der Waals surface area contributed by atoms with Crippen LogP contribution >= 0.6 is 0 Å². The molecule has 0 radical (unpaired) electrons. The molecule has 5 heteroatoms. The smallest absolute Gasteiger partial charge is 0.131 e. The second-order valence-electron chi connectivity index (χ2n) is 6.62. The number of nitrogen functional groups attached to an aromatic ring is 2. The van der Waals surface area contributed by atoms with E-state index < -0.39 is 0 Å². The van der Waals surface area contributed by atoms with Gasteiger partial charge in [-0.1, -0.05) is 12.5 Å². The minimum Gasteiger partial charge on any atom is -0.492 e. The molecular weight excluding hydrogens is 314 g/mol. The Morgan fingerprint density at radius 3 is 2.40 bits per heavy atom. The number of ether oxygens (including phenoxy) is 2. The van der Waals surface area contributed by atoms with E-state index >= 15 is 0 Å². The van der Waals surface area contributed by atoms with Gasteiger partial charge in [0.2, 0.25) is 0 Å². The van der Waals surface area contributed by atoms with Gasteiger partial charge in [-0.2, -0.15) is 0 Å². The minimum absolute atomic E-state index is 0.418. The molecule has 134 valence electrons. The van der Waals surface area contributed by atoms with Crippen molar-refractivity contribution in [3.05, 3.63) is 42.5 Å². The number of nitrogens with zero attached hydrogens (tertiary/aromatic N) is 1. The third-order valence-corrected chi connectivity index (χ3v) is 4.60. The summed E-state index contributed by atoms with van der Waals surface area (Å²) in [6.07, 6.45) is 3.93. The van der Waals surface area contributed by atoms with Crippen LogP contribution in [0.2, 0.25) is 0 Å². The molecule has 1 saturated heterocycles. The second-order valence-corrected chi connectivity index (χ2v) is 6.62. The molecule has 0 spiro atoms. The van der Waals surface area contributed by atoms with Gasteiger partial charge in [-0.3, -0.25) is 4.90 Å². The van der Waals surface area contributed by atoms with E-state index in [0.29, 0.717) is 35.5 Å². The maximum Gasteiger partial charge on any atom is 0.131 e. The van der Waals surface area contributed by atoms with Crippen molar-refractivity contribution in [1.29, 1.82) is 0 Å². The van der Waals surface area contributed by atoms with Crippen molar-refractivity contribution < 1.29 is 9.47 Å². The molecule has 2 aromatic rings. The Morgan fingerprint density at radius 1 is 0.920 bits per heavy atom. The van der Waals surface area contributed by atoms with Crippen LogP contribution in [-0.4, -0.2) is 30.6 Å². The fraction of sp³-hybridized carbons (Fsp3) is 0.400. The van der Waals surface area contributed by atoms with Gasteiger partial charge in [-0.15, -0.1) is 0 Å². The summed E-state index contributed by atoms with van der Waals surface area (Å²) in [6, 6.07) is 13.4. The third kappa shape index (κ3) is 4.79. The fourth-order valence-corrected chi connectivity index (χ4v) is 3.06. The molecule has 0 amide bonds. The van der Waals surface area contributed by atoms with Gasteiger partial charge in [0.25, 0.3) is 0 Å². The Hall–Kier alpha value is -2.40. The Kier molecular flexibility index (Phi) is 5.66. The van der Waals surface area contributed by atoms with E-state index in [4.69, 9.17) is 20.9 Å². The first-order valence-electron chi connectivity index (χ1n) is 8.91. The summed E-state index contributed by atoms with van der Waals surface area (Å²) in [5.41, 5.74) is 12.6. The largest absolute Gasteiger partial charge is 0.492 e. The Morgan fingerprint density at radius 2 is 1.64 bits per heavy atom. The van der Waals surface area contributed by atoms with Crippen LogP contribution in [0, 0.1) is 0 Å². The SMILES string of the molecule is CC(COc1cccc(Oc2ccc(N)c(N)c2)c1)N1CCCCC1. The average Bonchev–Trinajstić information content (AvgIpc) is 2.64. The molecule has 1 aliphatic heterocycles. The molecule has 1 heterocycles. The van der Waals surface area contributed by atoms with Crippen molar-refractivity contribution in [2.75, 3.05) is 31.2 Å². The van der Waals surface area contributed by atoms with Crippen LogP contribution in [0.1, 0.15) is 26.2 Å². The predicted octanol–water partition coefficient (Wildman–Crippen LogP) is 3.90. The molecule has 1 unspecified atom stereocenters. The second kappa shape index (κ2) is 8.12. The van der Waals surface area contributed by atoms with Gasteiger partial charge in [0.1, 0.15) is 23.9 Å². The van der Waals surface area contributed by atoms with Crippen molar-refractivity contribution >= 4 is 11.4 Å². The molecule has 0 bridgehead atoms. The van der Waals surface area contributed by atoms with Gasteiger partial charge in [-0.25, -0.2) is 0 Å². The first kappa shape index (κ1) is 17.4. The van der Waals surface area contributed by atoms with Gasteiger partial charge >= 0.3 is 0 Å². The molecule has 3 rings (SSSR count). The normalized spacial score (nSPS) is 16.4. The summed E-state index contributed by atoms with van der Waals surface area (Å²) in [7, 11) is 0. The molecular formula is C20H27N3O2. The van der Waals surface area contributed by atoms with Crippen molar-refractivity contribution in [2.45, 2.75) is 32.2 Å². The average molecular weight is 341 g/mol. The predicted molar refractivity (Wildman–Crippen MR) is 102 cm³/mol. The molecule has 5 nitrogen and oxygen atoms in total. The van der Waals surface area contributed by atoms with Gasteiger partial charge in [0.15, 0.2) is 0 Å². The monoisotopic (exact) mass is 341 g/mol. The highest BCUT2D eigenvalue weighted by Crippen LogP contribution is 2.28. The molecule has 0 aromatic heterocycles. The number of hydrogen-bond donors (Lipinski definition) is 2. The summed E-state index contributed by atoms with van der Waals surface area (Å²) >= 11 is 0. The van der Waals surface area contributed by atoms with E-state index in [2.05, 4.69) is 11.8 Å². The lowest BCUT2D eigenvalue weighted by atomic mass is 10.1. The highest BCUT2D eigenvalue weighted by atomic mass is 16.5. The van der Waals surface area contributed by atoms with E-state index in [1.54, 1.807) is 18.2 Å². The Labute approximate surface area is 149 Å². The quantitative estimate of drug-likeness (QED) is 0.780. The van der Waals surface area contributed by atoms with Crippen LogP contribution in [0.3, 0.4) is 0 Å². The van der Waals surface area contributed by atoms with Crippen LogP contribution in [0.4, 0.5) is 11.4 Å². The van der Waals surface area contributed by atoms with Gasteiger partial charge < -0.3 is 20.9 Å². The van der Waals surface area contributed by atoms with Gasteiger partial charge in [-0.05, 0) is 57.1 Å². The Balaban J connectivity index is 1.58. The molecule has 0 aliphatic carbocycles. The third-order valence-electron chi connectivity index (χ3n) is 4.60. The van der Waals surface area contributed by atoms with Crippen molar-refractivity contribution in [1.82, 2.24) is 4.90 Å². The van der Waals surface area contributed by atoms with E-state index in [9.17, 15) is 0 Å². The standard InChI is InChI=1S/C20H27N3O2/c1-15(23-10-3-2-4-11-23)14-24-16-6-5-7-17(12-16)25-18-8-9-19(21)20(22)13-18/h5-9,12-13,15H,2-4,10-11,14,21-22H2,1H3. The summed E-state index contributed by atoms with van der Waals surface area (Å²) in [4.78, 5) is 2.50. The minimum atomic E-state index is 0.418. The molecule has 4 N–H and O–H groups in total. The molecule has 0 saturated carbocycles. The summed E-state index contributed by atoms with van der Waals surface area (Å²) in [6.45, 7) is 5.25. The summed E-state index contributed by atoms with van der Waals surface area (Å²) < 4.78 is 11.8. The highest BCUT2D eigenvalue weighted by Gasteiger charge is 2.17. The zero-order chi connectivity index (χ0) is 17.6. The first-order valence-corrected chi connectivity index (χ1v) is 8.91. The molecule has 2 aromatic carbocycles. The lowest BCUT2D eigenvalue weighted by Gasteiger charge is -2.32. The van der Waals surface area contributed by atoms with Crippen molar-refractivity contribution in [3.63, 3.8) is 0 Å². The number of likely N-dealkylation sites (tertiary alicyclic amines) is 1. The zero-order valence-corrected chi connectivity index (χ0v) is 14.8. The van der Waals surface area contributed by atoms with Crippen LogP contribution in [-0.2, 0) is 0 Å². The lowest BCUT2D eigenvalue weighted by molar-refractivity contribution is 0.125. The van der Waals surface area contributed by atoms with Crippen LogP contribution < -0.4 is 20.9 Å². The maximum atomic E-state index is 5.98. The van der Waals surface area contributed by atoms with E-state index in [0.717, 1.165) is 5.75 Å². The van der Waals surface area contributed by atoms with Crippen LogP contribution in [0.25, 0.3) is 0 Å². The summed E-state index contributed by atoms with van der Waals surface area (Å²) in [5, 5.41) is 0. The lowest BCUT2D eigenvalue weighted by Crippen LogP contribution is -2.40. The van der Waals surface area contributed by atoms with E-state index in [1.165, 1.54) is 32.4 Å². The van der Waals surface area contributed by atoms with E-state index in [1.807, 2.05) is 24.3 Å². The molecule has 1 aliphatic rings. The highest BCUT2D eigenvalue weighted by molar-refractivity contribution is 5.65. The number of benzene rings is 2. The fourth-order valence-electron chi connectivity index (χ4n) is 3.06. The first-order chi connectivity index (χ1) is 12.1. The van der Waals surface area contributed by atoms with Crippen molar-refractivity contribution in [3.8, 4) is 17.2 Å². The summed E-state index contributed by atoms with van der Waals surface area (Å²) in [5.74, 6) is 2.18. The number of nitrogens with two attached hydrogens (primary N) is 2. The molecule has 1 fully saturated rings. The van der Waals surface area contributed by atoms with Crippen molar-refractivity contribution in [2.24, 2.45) is 0 Å². The number of piperidine rings is 1. The molecule has 1 atom stereocenters. The Bertz CT molecular complexity index is 699. The van der Waals surface area contributed by atoms with E-state index in [-0.39, 0.29) is 0 Å².